The fourth-order valence-electron chi connectivity index (χ4n) is 3.95. The highest BCUT2D eigenvalue weighted by molar-refractivity contribution is 7.99. The molecule has 1 aliphatic heterocycles. The van der Waals surface area contributed by atoms with Crippen molar-refractivity contribution >= 4 is 23.5 Å². The zero-order valence-electron chi connectivity index (χ0n) is 18.4. The maximum atomic E-state index is 13.1. The number of likely N-dealkylation sites (tertiary alicyclic amines) is 1. The molecule has 32 heavy (non-hydrogen) atoms. The molecule has 1 aliphatic rings. The number of ketones is 1. The van der Waals surface area contributed by atoms with E-state index < -0.39 is 0 Å². The molecule has 1 fully saturated rings. The highest BCUT2D eigenvalue weighted by atomic mass is 32.2. The van der Waals surface area contributed by atoms with Crippen molar-refractivity contribution in [2.24, 2.45) is 7.05 Å². The van der Waals surface area contributed by atoms with E-state index in [1.54, 1.807) is 31.4 Å². The van der Waals surface area contributed by atoms with Crippen molar-refractivity contribution in [1.29, 1.82) is 0 Å². The number of amides is 1. The summed E-state index contributed by atoms with van der Waals surface area (Å²) < 4.78 is 7.04. The lowest BCUT2D eigenvalue weighted by Crippen LogP contribution is -2.32. The number of Topliss-reactive ketones (excluding diaryl/α,β-unsaturated/α-hetero) is 1. The number of hydrogen-bond donors (Lipinski definition) is 0. The number of aryl methyl sites for hydroxylation is 1. The van der Waals surface area contributed by atoms with Gasteiger partial charge in [-0.05, 0) is 56.2 Å². The molecule has 0 bridgehead atoms. The lowest BCUT2D eigenvalue weighted by atomic mass is 10.1. The highest BCUT2D eigenvalue weighted by Crippen LogP contribution is 2.33. The van der Waals surface area contributed by atoms with E-state index in [1.807, 2.05) is 47.7 Å². The third-order valence-electron chi connectivity index (χ3n) is 5.69. The van der Waals surface area contributed by atoms with Crippen LogP contribution >= 0.6 is 11.8 Å². The molecule has 0 saturated carbocycles. The zero-order chi connectivity index (χ0) is 22.7. The normalized spacial score (nSPS) is 15.7. The molecule has 1 aromatic heterocycles. The first-order chi connectivity index (χ1) is 15.5. The number of aromatic nitrogens is 3. The van der Waals surface area contributed by atoms with Crippen LogP contribution in [0.3, 0.4) is 0 Å². The minimum atomic E-state index is -0.118. The molecule has 1 saturated heterocycles. The SMILES string of the molecule is COc1ccc(C(=O)CSc2nnc(C3CCCN3C(=O)c3cccc(C)c3)n2C)cc1. The summed E-state index contributed by atoms with van der Waals surface area (Å²) in [5.74, 6) is 1.76. The van der Waals surface area contributed by atoms with E-state index in [0.29, 0.717) is 28.6 Å². The lowest BCUT2D eigenvalue weighted by molar-refractivity contribution is 0.0727. The van der Waals surface area contributed by atoms with Crippen molar-refractivity contribution in [3.8, 4) is 5.75 Å². The third-order valence-corrected chi connectivity index (χ3v) is 6.71. The summed E-state index contributed by atoms with van der Waals surface area (Å²) in [4.78, 5) is 27.6. The molecule has 166 valence electrons. The average molecular weight is 451 g/mol. The molecule has 3 aromatic rings. The minimum absolute atomic E-state index is 0.0133. The van der Waals surface area contributed by atoms with Crippen molar-refractivity contribution < 1.29 is 14.3 Å². The second-order valence-electron chi connectivity index (χ2n) is 7.87. The van der Waals surface area contributed by atoms with Gasteiger partial charge in [-0.3, -0.25) is 9.59 Å². The summed E-state index contributed by atoms with van der Waals surface area (Å²) in [6.07, 6.45) is 1.77. The van der Waals surface area contributed by atoms with Gasteiger partial charge in [0.15, 0.2) is 16.8 Å². The Bertz CT molecular complexity index is 1130. The molecular weight excluding hydrogens is 424 g/mol. The molecule has 0 spiro atoms. The molecular formula is C24H26N4O3S. The summed E-state index contributed by atoms with van der Waals surface area (Å²) in [6, 6.07) is 14.6. The molecule has 7 nitrogen and oxygen atoms in total. The molecule has 2 aromatic carbocycles. The van der Waals surface area contributed by atoms with E-state index in [-0.39, 0.29) is 23.5 Å². The van der Waals surface area contributed by atoms with Gasteiger partial charge >= 0.3 is 0 Å². The van der Waals surface area contributed by atoms with Gasteiger partial charge in [-0.1, -0.05) is 29.5 Å². The summed E-state index contributed by atoms with van der Waals surface area (Å²) in [5, 5.41) is 9.35. The number of benzene rings is 2. The van der Waals surface area contributed by atoms with Crippen LogP contribution in [0.4, 0.5) is 0 Å². The van der Waals surface area contributed by atoms with Crippen molar-refractivity contribution in [3.05, 3.63) is 71.0 Å². The Morgan fingerprint density at radius 1 is 1.12 bits per heavy atom. The smallest absolute Gasteiger partial charge is 0.254 e. The maximum Gasteiger partial charge on any atom is 0.254 e. The molecule has 0 aliphatic carbocycles. The quantitative estimate of drug-likeness (QED) is 0.399. The molecule has 8 heteroatoms. The second kappa shape index (κ2) is 9.56. The van der Waals surface area contributed by atoms with Gasteiger partial charge in [-0.2, -0.15) is 0 Å². The fourth-order valence-corrected chi connectivity index (χ4v) is 4.77. The van der Waals surface area contributed by atoms with Crippen molar-refractivity contribution in [1.82, 2.24) is 19.7 Å². The monoisotopic (exact) mass is 450 g/mol. The van der Waals surface area contributed by atoms with Crippen molar-refractivity contribution in [2.45, 2.75) is 31.0 Å². The Morgan fingerprint density at radius 2 is 1.91 bits per heavy atom. The van der Waals surface area contributed by atoms with Crippen molar-refractivity contribution in [2.75, 3.05) is 19.4 Å². The predicted molar refractivity (Wildman–Crippen MR) is 123 cm³/mol. The Labute approximate surface area is 191 Å². The van der Waals surface area contributed by atoms with Gasteiger partial charge in [-0.25, -0.2) is 0 Å². The van der Waals surface area contributed by atoms with Crippen LogP contribution in [0, 0.1) is 6.92 Å². The van der Waals surface area contributed by atoms with Gasteiger partial charge in [0.2, 0.25) is 0 Å². The number of hydrogen-bond acceptors (Lipinski definition) is 6. The minimum Gasteiger partial charge on any atom is -0.497 e. The number of methoxy groups -OCH3 is 1. The van der Waals surface area contributed by atoms with Crippen LogP contribution < -0.4 is 4.74 Å². The van der Waals surface area contributed by atoms with Crippen LogP contribution in [0.1, 0.15) is 51.0 Å². The van der Waals surface area contributed by atoms with Crippen LogP contribution in [0.15, 0.2) is 53.7 Å². The first kappa shape index (κ1) is 22.1. The number of carbonyl (C=O) groups is 2. The van der Waals surface area contributed by atoms with E-state index in [2.05, 4.69) is 10.2 Å². The second-order valence-corrected chi connectivity index (χ2v) is 8.81. The first-order valence-corrected chi connectivity index (χ1v) is 11.5. The summed E-state index contributed by atoms with van der Waals surface area (Å²) in [7, 11) is 3.49. The molecule has 1 atom stereocenters. The summed E-state index contributed by atoms with van der Waals surface area (Å²) in [6.45, 7) is 2.68. The van der Waals surface area contributed by atoms with Gasteiger partial charge in [0.1, 0.15) is 5.75 Å². The summed E-state index contributed by atoms with van der Waals surface area (Å²) in [5.41, 5.74) is 2.38. The van der Waals surface area contributed by atoms with Crippen LogP contribution in [0.2, 0.25) is 0 Å². The van der Waals surface area contributed by atoms with Crippen LogP contribution in [-0.4, -0.2) is 50.8 Å². The molecule has 1 amide bonds. The highest BCUT2D eigenvalue weighted by Gasteiger charge is 2.34. The molecule has 0 radical (unpaired) electrons. The van der Waals surface area contributed by atoms with E-state index in [9.17, 15) is 9.59 Å². The predicted octanol–water partition coefficient (Wildman–Crippen LogP) is 4.08. The van der Waals surface area contributed by atoms with E-state index in [0.717, 1.165) is 24.2 Å². The first-order valence-electron chi connectivity index (χ1n) is 10.5. The van der Waals surface area contributed by atoms with Crippen LogP contribution in [0.5, 0.6) is 5.75 Å². The number of ether oxygens (including phenoxy) is 1. The molecule has 2 heterocycles. The van der Waals surface area contributed by atoms with E-state index >= 15 is 0 Å². The summed E-state index contributed by atoms with van der Waals surface area (Å²) >= 11 is 1.35. The number of nitrogens with zero attached hydrogens (tertiary/aromatic N) is 4. The Kier molecular flexibility index (Phi) is 6.60. The number of rotatable bonds is 7. The third kappa shape index (κ3) is 4.55. The van der Waals surface area contributed by atoms with Gasteiger partial charge in [-0.15, -0.1) is 10.2 Å². The number of thioether (sulfide) groups is 1. The molecule has 4 rings (SSSR count). The Hall–Kier alpha value is -3.13. The lowest BCUT2D eigenvalue weighted by Gasteiger charge is -2.24. The van der Waals surface area contributed by atoms with Gasteiger partial charge in [0.05, 0.1) is 18.9 Å². The Morgan fingerprint density at radius 3 is 2.62 bits per heavy atom. The standard InChI is InChI=1S/C24H26N4O3S/c1-16-6-4-7-18(14-16)23(30)28-13-5-8-20(28)22-25-26-24(27(22)2)32-15-21(29)17-9-11-19(31-3)12-10-17/h4,6-7,9-12,14,20H,5,8,13,15H2,1-3H3. The van der Waals surface area contributed by atoms with Gasteiger partial charge in [0.25, 0.3) is 5.91 Å². The van der Waals surface area contributed by atoms with E-state index in [4.69, 9.17) is 4.74 Å². The van der Waals surface area contributed by atoms with Crippen molar-refractivity contribution in [3.63, 3.8) is 0 Å². The van der Waals surface area contributed by atoms with Gasteiger partial charge in [0, 0.05) is 24.7 Å². The average Bonchev–Trinajstić information content (AvgIpc) is 3.43. The van der Waals surface area contributed by atoms with Gasteiger partial charge < -0.3 is 14.2 Å². The maximum absolute atomic E-state index is 13.1. The molecule has 1 unspecified atom stereocenters. The topological polar surface area (TPSA) is 77.3 Å². The largest absolute Gasteiger partial charge is 0.497 e. The molecule has 0 N–H and O–H groups in total. The van der Waals surface area contributed by atoms with Crippen LogP contribution in [-0.2, 0) is 7.05 Å². The fraction of sp³-hybridized carbons (Fsp3) is 0.333. The zero-order valence-corrected chi connectivity index (χ0v) is 19.3. The van der Waals surface area contributed by atoms with Crippen LogP contribution in [0.25, 0.3) is 0 Å². The number of carbonyl (C=O) groups excluding carboxylic acids is 2. The van der Waals surface area contributed by atoms with E-state index in [1.165, 1.54) is 11.8 Å². The Balaban J connectivity index is 1.45.